The van der Waals surface area contributed by atoms with Gasteiger partial charge in [0.15, 0.2) is 0 Å². The number of allylic oxidation sites excluding steroid dienone is 2. The summed E-state index contributed by atoms with van der Waals surface area (Å²) in [5.41, 5.74) is 0. The van der Waals surface area contributed by atoms with Crippen LogP contribution in [-0.2, 0) is 0 Å². The molecule has 0 aromatic rings. The van der Waals surface area contributed by atoms with Gasteiger partial charge in [-0.1, -0.05) is 0 Å². The second-order valence-electron chi connectivity index (χ2n) is 2.15. The summed E-state index contributed by atoms with van der Waals surface area (Å²) in [7, 11) is 0. The van der Waals surface area contributed by atoms with E-state index in [0.717, 1.165) is 16.0 Å². The third-order valence-electron chi connectivity index (χ3n) is 1.14. The van der Waals surface area contributed by atoms with Crippen molar-refractivity contribution in [2.24, 2.45) is 0 Å². The molecule has 0 rings (SSSR count). The van der Waals surface area contributed by atoms with E-state index in [9.17, 15) is 0 Å². The fourth-order valence-electron chi connectivity index (χ4n) is 0.665. The fourth-order valence-corrected chi connectivity index (χ4v) is 1.33. The Morgan fingerprint density at radius 1 is 1.25 bits per heavy atom. The molecule has 0 aliphatic rings. The summed E-state index contributed by atoms with van der Waals surface area (Å²) in [6, 6.07) is 0. The van der Waals surface area contributed by atoms with Crippen LogP contribution in [-0.4, -0.2) is 27.9 Å². The number of hydrogen-bond acceptors (Lipinski definition) is 0. The van der Waals surface area contributed by atoms with E-state index in [1.165, 1.54) is 27.9 Å². The Balaban J connectivity index is 3.16. The molecule has 0 atom stereocenters. The van der Waals surface area contributed by atoms with Crippen LogP contribution in [0.1, 0.15) is 12.8 Å². The van der Waals surface area contributed by atoms with Gasteiger partial charge in [-0.05, 0) is 0 Å². The zero-order chi connectivity index (χ0) is 6.41. The molecule has 0 spiro atoms. The maximum absolute atomic E-state index is 3.67. The molecule has 0 N–H and O–H groups in total. The first kappa shape index (κ1) is 8.48. The minimum atomic E-state index is 0.866. The van der Waals surface area contributed by atoms with E-state index in [1.807, 2.05) is 12.2 Å². The van der Waals surface area contributed by atoms with Crippen molar-refractivity contribution in [1.29, 1.82) is 0 Å². The van der Waals surface area contributed by atoms with Crippen LogP contribution < -0.4 is 0 Å². The molecule has 0 saturated carbocycles. The standard InChI is InChI=1S/C7H11.Na/c1-3-5-7-6-4-2;/h3-4,7H,1-2,5-6H2;. The fraction of sp³-hybridized carbons (Fsp3) is 0.429. The molecular weight excluding hydrogens is 107 g/mol. The molecule has 0 aromatic carbocycles. The molecule has 0 aliphatic carbocycles. The van der Waals surface area contributed by atoms with Crippen LogP contribution in [0.2, 0.25) is 3.17 Å². The van der Waals surface area contributed by atoms with Crippen LogP contribution in [0.5, 0.6) is 0 Å². The van der Waals surface area contributed by atoms with Crippen molar-refractivity contribution in [1.82, 2.24) is 0 Å². The van der Waals surface area contributed by atoms with Gasteiger partial charge < -0.3 is 0 Å². The van der Waals surface area contributed by atoms with Crippen LogP contribution in [0, 0.1) is 0 Å². The number of hydrogen-bond donors (Lipinski definition) is 0. The Hall–Kier alpha value is 0.480. The second-order valence-corrected chi connectivity index (χ2v) is 3.79. The molecule has 0 aliphatic heterocycles. The average molecular weight is 118 g/mol. The SMILES string of the molecule is C=CC[CH]([Na])CC=C. The van der Waals surface area contributed by atoms with Gasteiger partial charge in [-0.15, -0.1) is 0 Å². The Morgan fingerprint density at radius 3 is 1.88 bits per heavy atom. The summed E-state index contributed by atoms with van der Waals surface area (Å²) in [6.07, 6.45) is 6.30. The molecular formula is C7H11Na. The van der Waals surface area contributed by atoms with Crippen LogP contribution in [0.3, 0.4) is 0 Å². The van der Waals surface area contributed by atoms with E-state index >= 15 is 0 Å². The van der Waals surface area contributed by atoms with Crippen molar-refractivity contribution >= 4 is 27.9 Å². The van der Waals surface area contributed by atoms with Crippen molar-refractivity contribution in [2.75, 3.05) is 0 Å². The maximum atomic E-state index is 3.67. The first-order valence-electron chi connectivity index (χ1n) is 3.03. The molecule has 0 nitrogen and oxygen atoms in total. The van der Waals surface area contributed by atoms with E-state index in [0.29, 0.717) is 0 Å². The third-order valence-corrected chi connectivity index (χ3v) is 2.08. The van der Waals surface area contributed by atoms with Crippen LogP contribution in [0.4, 0.5) is 0 Å². The van der Waals surface area contributed by atoms with E-state index < -0.39 is 0 Å². The van der Waals surface area contributed by atoms with Gasteiger partial charge in [0.05, 0.1) is 0 Å². The third kappa shape index (κ3) is 4.63. The molecule has 0 amide bonds. The van der Waals surface area contributed by atoms with Gasteiger partial charge in [0.2, 0.25) is 0 Å². The first-order chi connectivity index (χ1) is 3.81. The van der Waals surface area contributed by atoms with Gasteiger partial charge in [-0.25, -0.2) is 0 Å². The predicted molar refractivity (Wildman–Crippen MR) is 39.1 cm³/mol. The first-order valence-corrected chi connectivity index (χ1v) is 4.18. The van der Waals surface area contributed by atoms with Crippen LogP contribution in [0.25, 0.3) is 0 Å². The van der Waals surface area contributed by atoms with Gasteiger partial charge in [-0.2, -0.15) is 0 Å². The zero-order valence-corrected chi connectivity index (χ0v) is 7.56. The van der Waals surface area contributed by atoms with Gasteiger partial charge in [0.1, 0.15) is 0 Å². The van der Waals surface area contributed by atoms with E-state index in [4.69, 9.17) is 0 Å². The van der Waals surface area contributed by atoms with Crippen molar-refractivity contribution in [3.63, 3.8) is 0 Å². The quantitative estimate of drug-likeness (QED) is 0.391. The van der Waals surface area contributed by atoms with E-state index in [1.54, 1.807) is 0 Å². The summed E-state index contributed by atoms with van der Waals surface area (Å²) in [4.78, 5) is 0. The molecule has 0 aromatic heterocycles. The van der Waals surface area contributed by atoms with Crippen LogP contribution in [0.15, 0.2) is 25.3 Å². The summed E-state index contributed by atoms with van der Waals surface area (Å²) in [5.74, 6) is 0. The summed E-state index contributed by atoms with van der Waals surface area (Å²) >= 11 is 1.27. The minimum absolute atomic E-state index is 0.866. The summed E-state index contributed by atoms with van der Waals surface area (Å²) in [5, 5.41) is 0. The van der Waals surface area contributed by atoms with Crippen molar-refractivity contribution in [3.8, 4) is 0 Å². The Morgan fingerprint density at radius 2 is 1.62 bits per heavy atom. The van der Waals surface area contributed by atoms with Gasteiger partial charge >= 0.3 is 69.2 Å². The van der Waals surface area contributed by atoms with Crippen molar-refractivity contribution in [2.45, 2.75) is 16.0 Å². The summed E-state index contributed by atoms with van der Waals surface area (Å²) in [6.45, 7) is 7.34. The molecule has 0 bridgehead atoms. The van der Waals surface area contributed by atoms with Gasteiger partial charge in [-0.3, -0.25) is 0 Å². The molecule has 1 heteroatoms. The Labute approximate surface area is 69.1 Å². The van der Waals surface area contributed by atoms with Gasteiger partial charge in [0, 0.05) is 0 Å². The average Bonchev–Trinajstić information content (AvgIpc) is 1.68. The summed E-state index contributed by atoms with van der Waals surface area (Å²) < 4.78 is 0.866. The monoisotopic (exact) mass is 118 g/mol. The Bertz CT molecular complexity index is 66.5. The van der Waals surface area contributed by atoms with E-state index in [2.05, 4.69) is 13.2 Å². The number of rotatable bonds is 4. The van der Waals surface area contributed by atoms with E-state index in [-0.39, 0.29) is 0 Å². The van der Waals surface area contributed by atoms with Crippen LogP contribution >= 0.6 is 0 Å². The topological polar surface area (TPSA) is 0 Å². The van der Waals surface area contributed by atoms with Crippen molar-refractivity contribution in [3.05, 3.63) is 25.3 Å². The predicted octanol–water partition coefficient (Wildman–Crippen LogP) is 2.10. The molecule has 0 saturated heterocycles. The molecule has 0 radical (unpaired) electrons. The molecule has 8 heavy (non-hydrogen) atoms. The molecule has 0 unspecified atom stereocenters. The molecule has 40 valence electrons. The molecule has 0 fully saturated rings. The van der Waals surface area contributed by atoms with Crippen molar-refractivity contribution < 1.29 is 0 Å². The normalized spacial score (nSPS) is 9.38. The Kier molecular flexibility index (Phi) is 5.95. The molecule has 0 heterocycles. The second kappa shape index (κ2) is 5.61. The zero-order valence-electron chi connectivity index (χ0n) is 5.56. The van der Waals surface area contributed by atoms with Gasteiger partial charge in [0.25, 0.3) is 0 Å².